The summed E-state index contributed by atoms with van der Waals surface area (Å²) >= 11 is 0. The van der Waals surface area contributed by atoms with Crippen molar-refractivity contribution in [3.8, 4) is 17.0 Å². The number of pyridine rings is 2. The second-order valence-corrected chi connectivity index (χ2v) is 8.46. The van der Waals surface area contributed by atoms with Crippen LogP contribution in [0.2, 0.25) is 0 Å². The zero-order valence-corrected chi connectivity index (χ0v) is 19.7. The lowest BCUT2D eigenvalue weighted by Gasteiger charge is -2.35. The Bertz CT molecular complexity index is 1290. The molecule has 5 rings (SSSR count). The van der Waals surface area contributed by atoms with Gasteiger partial charge in [-0.1, -0.05) is 30.3 Å². The Morgan fingerprint density at radius 2 is 1.89 bits per heavy atom. The lowest BCUT2D eigenvalue weighted by molar-refractivity contribution is 0.0162. The van der Waals surface area contributed by atoms with E-state index < -0.39 is 0 Å². The topological polar surface area (TPSA) is 76.6 Å². The molecule has 2 aromatic heterocycles. The van der Waals surface area contributed by atoms with Crippen molar-refractivity contribution in [1.82, 2.24) is 20.2 Å². The van der Waals surface area contributed by atoms with Crippen LogP contribution in [-0.4, -0.2) is 60.7 Å². The van der Waals surface area contributed by atoms with Gasteiger partial charge in [-0.05, 0) is 42.0 Å². The molecule has 0 bridgehead atoms. The summed E-state index contributed by atoms with van der Waals surface area (Å²) in [6.45, 7) is 3.48. The fraction of sp³-hybridized carbons (Fsp3) is 0.250. The average molecular weight is 469 g/mol. The minimum absolute atomic E-state index is 0.0275. The smallest absolute Gasteiger partial charge is 0.252 e. The van der Waals surface area contributed by atoms with E-state index in [1.54, 1.807) is 19.5 Å². The maximum absolute atomic E-state index is 13.5. The van der Waals surface area contributed by atoms with E-state index in [9.17, 15) is 4.79 Å². The van der Waals surface area contributed by atoms with E-state index in [0.29, 0.717) is 25.3 Å². The summed E-state index contributed by atoms with van der Waals surface area (Å²) in [6.07, 6.45) is 3.49. The average Bonchev–Trinajstić information content (AvgIpc) is 2.94. The molecule has 7 nitrogen and oxygen atoms in total. The molecule has 1 atom stereocenters. The number of amides is 1. The minimum Gasteiger partial charge on any atom is -0.497 e. The predicted octanol–water partition coefficient (Wildman–Crippen LogP) is 4.11. The molecule has 7 heteroatoms. The Morgan fingerprint density at radius 3 is 2.63 bits per heavy atom. The maximum atomic E-state index is 13.5. The molecule has 1 fully saturated rings. The lowest BCUT2D eigenvalue weighted by atomic mass is 10.0. The first-order valence-corrected chi connectivity index (χ1v) is 11.8. The van der Waals surface area contributed by atoms with Gasteiger partial charge < -0.3 is 14.8 Å². The number of aromatic nitrogens is 2. The summed E-state index contributed by atoms with van der Waals surface area (Å²) in [5.74, 6) is 0.685. The first-order chi connectivity index (χ1) is 17.2. The van der Waals surface area contributed by atoms with E-state index in [1.165, 1.54) is 0 Å². The number of nitrogens with zero attached hydrogens (tertiary/aromatic N) is 3. The number of hydrogen-bond donors (Lipinski definition) is 1. The van der Waals surface area contributed by atoms with Gasteiger partial charge in [0.05, 0.1) is 43.1 Å². The normalized spacial score (nSPS) is 15.0. The van der Waals surface area contributed by atoms with Gasteiger partial charge in [0, 0.05) is 43.0 Å². The predicted molar refractivity (Wildman–Crippen MR) is 135 cm³/mol. The molecule has 0 radical (unpaired) electrons. The number of hydrogen-bond acceptors (Lipinski definition) is 6. The highest BCUT2D eigenvalue weighted by Gasteiger charge is 2.24. The highest BCUT2D eigenvalue weighted by atomic mass is 16.5. The van der Waals surface area contributed by atoms with Crippen molar-refractivity contribution in [2.45, 2.75) is 6.04 Å². The largest absolute Gasteiger partial charge is 0.497 e. The molecule has 1 aliphatic rings. The molecule has 3 heterocycles. The number of carbonyl (C=O) groups excluding carboxylic acids is 1. The van der Waals surface area contributed by atoms with E-state index in [0.717, 1.165) is 46.6 Å². The van der Waals surface area contributed by atoms with E-state index in [4.69, 9.17) is 14.5 Å². The van der Waals surface area contributed by atoms with Gasteiger partial charge in [0.15, 0.2) is 0 Å². The zero-order chi connectivity index (χ0) is 24.0. The monoisotopic (exact) mass is 468 g/mol. The number of ether oxygens (including phenoxy) is 2. The van der Waals surface area contributed by atoms with Crippen molar-refractivity contribution in [2.24, 2.45) is 0 Å². The van der Waals surface area contributed by atoms with Crippen LogP contribution in [0.4, 0.5) is 0 Å². The third-order valence-corrected chi connectivity index (χ3v) is 6.36. The number of nitrogens with one attached hydrogen (secondary N) is 1. The number of carbonyl (C=O) groups is 1. The molecule has 0 saturated carbocycles. The first kappa shape index (κ1) is 23.0. The number of fused-ring (bicyclic) bond motifs is 1. The molecule has 1 amide bonds. The van der Waals surface area contributed by atoms with Crippen molar-refractivity contribution < 1.29 is 14.3 Å². The van der Waals surface area contributed by atoms with Crippen LogP contribution >= 0.6 is 0 Å². The summed E-state index contributed by atoms with van der Waals surface area (Å²) in [7, 11) is 1.66. The summed E-state index contributed by atoms with van der Waals surface area (Å²) in [6, 6.07) is 21.5. The number of methoxy groups -OCH3 is 1. The van der Waals surface area contributed by atoms with Gasteiger partial charge in [0.1, 0.15) is 5.75 Å². The quantitative estimate of drug-likeness (QED) is 0.440. The number of para-hydroxylation sites is 1. The third-order valence-electron chi connectivity index (χ3n) is 6.36. The van der Waals surface area contributed by atoms with Crippen molar-refractivity contribution in [1.29, 1.82) is 0 Å². The van der Waals surface area contributed by atoms with Crippen LogP contribution in [-0.2, 0) is 4.74 Å². The molecule has 2 aromatic carbocycles. The SMILES string of the molecule is COc1ccc([C@@H](CNC(=O)c2cc(-c3cccnc3)nc3ccccc23)N2CCOCC2)cc1. The fourth-order valence-corrected chi connectivity index (χ4v) is 4.48. The molecule has 0 aliphatic carbocycles. The van der Waals surface area contributed by atoms with Crippen molar-refractivity contribution in [2.75, 3.05) is 40.0 Å². The molecule has 1 saturated heterocycles. The Hall–Kier alpha value is -3.81. The van der Waals surface area contributed by atoms with Crippen LogP contribution < -0.4 is 10.1 Å². The summed E-state index contributed by atoms with van der Waals surface area (Å²) in [5.41, 5.74) is 4.10. The molecule has 178 valence electrons. The second kappa shape index (κ2) is 10.6. The number of benzene rings is 2. The summed E-state index contributed by atoms with van der Waals surface area (Å²) in [5, 5.41) is 4.02. The van der Waals surface area contributed by atoms with E-state index in [1.807, 2.05) is 54.6 Å². The molecular formula is C28H28N4O3. The first-order valence-electron chi connectivity index (χ1n) is 11.8. The standard InChI is InChI=1S/C28H28N4O3/c1-34-22-10-8-20(9-11-22)27(32-13-15-35-16-14-32)19-30-28(33)24-17-26(21-5-4-12-29-18-21)31-25-7-3-2-6-23(24)25/h2-12,17-18,27H,13-16,19H2,1H3,(H,30,33)/t27-/m1/s1. The number of morpholine rings is 1. The van der Waals surface area contributed by atoms with Crippen molar-refractivity contribution in [3.63, 3.8) is 0 Å². The molecule has 0 spiro atoms. The van der Waals surface area contributed by atoms with Gasteiger partial charge in [0.25, 0.3) is 5.91 Å². The van der Waals surface area contributed by atoms with Crippen molar-refractivity contribution >= 4 is 16.8 Å². The highest BCUT2D eigenvalue weighted by molar-refractivity contribution is 6.07. The Kier molecular flexibility index (Phi) is 6.97. The summed E-state index contributed by atoms with van der Waals surface area (Å²) in [4.78, 5) is 24.9. The molecule has 1 N–H and O–H groups in total. The van der Waals surface area contributed by atoms with Crippen LogP contribution in [0.5, 0.6) is 5.75 Å². The van der Waals surface area contributed by atoms with Crippen LogP contribution in [0.25, 0.3) is 22.2 Å². The van der Waals surface area contributed by atoms with E-state index in [-0.39, 0.29) is 11.9 Å². The Morgan fingerprint density at radius 1 is 1.09 bits per heavy atom. The molecule has 0 unspecified atom stereocenters. The Labute approximate surface area is 204 Å². The van der Waals surface area contributed by atoms with E-state index in [2.05, 4.69) is 27.3 Å². The molecule has 35 heavy (non-hydrogen) atoms. The van der Waals surface area contributed by atoms with Crippen LogP contribution in [0.3, 0.4) is 0 Å². The van der Waals surface area contributed by atoms with E-state index >= 15 is 0 Å². The molecule has 1 aliphatic heterocycles. The van der Waals surface area contributed by atoms with Gasteiger partial charge in [0.2, 0.25) is 0 Å². The van der Waals surface area contributed by atoms with Gasteiger partial charge in [-0.15, -0.1) is 0 Å². The van der Waals surface area contributed by atoms with Crippen LogP contribution in [0.1, 0.15) is 22.0 Å². The summed E-state index contributed by atoms with van der Waals surface area (Å²) < 4.78 is 10.9. The van der Waals surface area contributed by atoms with Gasteiger partial charge in [-0.2, -0.15) is 0 Å². The van der Waals surface area contributed by atoms with Crippen molar-refractivity contribution in [3.05, 3.63) is 90.3 Å². The van der Waals surface area contributed by atoms with Gasteiger partial charge in [-0.3, -0.25) is 14.7 Å². The minimum atomic E-state index is -0.125. The van der Waals surface area contributed by atoms with Crippen LogP contribution in [0, 0.1) is 0 Å². The van der Waals surface area contributed by atoms with Crippen LogP contribution in [0.15, 0.2) is 79.1 Å². The second-order valence-electron chi connectivity index (χ2n) is 8.46. The Balaban J connectivity index is 1.43. The molecule has 4 aromatic rings. The number of rotatable bonds is 7. The van der Waals surface area contributed by atoms with Gasteiger partial charge in [-0.25, -0.2) is 4.98 Å². The highest BCUT2D eigenvalue weighted by Crippen LogP contribution is 2.26. The third kappa shape index (κ3) is 5.16. The lowest BCUT2D eigenvalue weighted by Crippen LogP contribution is -2.43. The molecular weight excluding hydrogens is 440 g/mol. The zero-order valence-electron chi connectivity index (χ0n) is 19.7. The maximum Gasteiger partial charge on any atom is 0.252 e. The fourth-order valence-electron chi connectivity index (χ4n) is 4.48. The van der Waals surface area contributed by atoms with Gasteiger partial charge >= 0.3 is 0 Å².